The molecular formula is C18H12BrFN2O2. The third kappa shape index (κ3) is 3.97. The first-order chi connectivity index (χ1) is 11.6. The zero-order chi connectivity index (χ0) is 16.9. The Hall–Kier alpha value is -2.73. The van der Waals surface area contributed by atoms with Gasteiger partial charge in [-0.3, -0.25) is 9.78 Å². The molecule has 0 saturated carbocycles. The van der Waals surface area contributed by atoms with E-state index in [1.165, 1.54) is 18.3 Å². The Balaban J connectivity index is 1.74. The summed E-state index contributed by atoms with van der Waals surface area (Å²) >= 11 is 3.32. The van der Waals surface area contributed by atoms with Crippen LogP contribution in [0.1, 0.15) is 10.4 Å². The molecule has 120 valence electrons. The molecule has 6 heteroatoms. The largest absolute Gasteiger partial charge is 0.454 e. The summed E-state index contributed by atoms with van der Waals surface area (Å²) in [4.78, 5) is 16.0. The lowest BCUT2D eigenvalue weighted by atomic mass is 10.2. The molecule has 24 heavy (non-hydrogen) atoms. The molecule has 3 aromatic rings. The Morgan fingerprint density at radius 1 is 1.12 bits per heavy atom. The number of hydrogen-bond donors (Lipinski definition) is 1. The van der Waals surface area contributed by atoms with Crippen molar-refractivity contribution in [2.24, 2.45) is 0 Å². The lowest BCUT2D eigenvalue weighted by molar-refractivity contribution is 0.102. The fourth-order valence-corrected chi connectivity index (χ4v) is 2.26. The van der Waals surface area contributed by atoms with Crippen molar-refractivity contribution in [2.45, 2.75) is 0 Å². The minimum atomic E-state index is -0.614. The smallest absolute Gasteiger partial charge is 0.255 e. The van der Waals surface area contributed by atoms with Crippen molar-refractivity contribution in [3.63, 3.8) is 0 Å². The highest BCUT2D eigenvalue weighted by Gasteiger charge is 2.11. The van der Waals surface area contributed by atoms with Gasteiger partial charge < -0.3 is 10.1 Å². The first-order valence-electron chi connectivity index (χ1n) is 7.06. The second-order valence-corrected chi connectivity index (χ2v) is 5.81. The topological polar surface area (TPSA) is 51.2 Å². The zero-order valence-electron chi connectivity index (χ0n) is 12.4. The van der Waals surface area contributed by atoms with E-state index in [-0.39, 0.29) is 11.3 Å². The van der Waals surface area contributed by atoms with Crippen molar-refractivity contribution < 1.29 is 13.9 Å². The molecular weight excluding hydrogens is 375 g/mol. The number of amides is 1. The fourth-order valence-electron chi connectivity index (χ4n) is 1.99. The molecule has 1 aromatic heterocycles. The summed E-state index contributed by atoms with van der Waals surface area (Å²) in [5, 5.41) is 2.65. The van der Waals surface area contributed by atoms with E-state index in [4.69, 9.17) is 4.74 Å². The van der Waals surface area contributed by atoms with E-state index in [1.54, 1.807) is 42.6 Å². The maximum atomic E-state index is 14.2. The Labute approximate surface area is 146 Å². The summed E-state index contributed by atoms with van der Waals surface area (Å²) in [6.45, 7) is 0. The highest BCUT2D eigenvalue weighted by molar-refractivity contribution is 9.10. The number of anilines is 1. The van der Waals surface area contributed by atoms with Gasteiger partial charge in [0.05, 0.1) is 11.9 Å². The van der Waals surface area contributed by atoms with Crippen LogP contribution in [0.2, 0.25) is 0 Å². The number of benzene rings is 2. The normalized spacial score (nSPS) is 10.2. The average Bonchev–Trinajstić information content (AvgIpc) is 2.59. The SMILES string of the molecule is O=C(Nc1cccnc1)c1ccc(Oc2ccc(Br)cc2)c(F)c1. The number of carbonyl (C=O) groups is 1. The quantitative estimate of drug-likeness (QED) is 0.684. The van der Waals surface area contributed by atoms with Crippen molar-refractivity contribution in [1.29, 1.82) is 0 Å². The molecule has 0 atom stereocenters. The molecule has 4 nitrogen and oxygen atoms in total. The molecule has 1 amide bonds. The molecule has 0 spiro atoms. The summed E-state index contributed by atoms with van der Waals surface area (Å²) < 4.78 is 20.6. The lowest BCUT2D eigenvalue weighted by Crippen LogP contribution is -2.12. The van der Waals surface area contributed by atoms with Crippen LogP contribution < -0.4 is 10.1 Å². The Kier molecular flexibility index (Phi) is 4.86. The van der Waals surface area contributed by atoms with Crippen molar-refractivity contribution >= 4 is 27.5 Å². The molecule has 0 aliphatic carbocycles. The van der Waals surface area contributed by atoms with Crippen molar-refractivity contribution in [2.75, 3.05) is 5.32 Å². The number of hydrogen-bond acceptors (Lipinski definition) is 3. The van der Waals surface area contributed by atoms with Gasteiger partial charge in [0.1, 0.15) is 5.75 Å². The van der Waals surface area contributed by atoms with Gasteiger partial charge in [0.25, 0.3) is 5.91 Å². The predicted molar refractivity (Wildman–Crippen MR) is 92.8 cm³/mol. The third-order valence-corrected chi connectivity index (χ3v) is 3.68. The molecule has 3 rings (SSSR count). The summed E-state index contributed by atoms with van der Waals surface area (Å²) in [5.74, 6) is -0.478. The van der Waals surface area contributed by atoms with Crippen LogP contribution in [0.5, 0.6) is 11.5 Å². The minimum absolute atomic E-state index is 0.0512. The van der Waals surface area contributed by atoms with Crippen LogP contribution in [0.15, 0.2) is 71.5 Å². The van der Waals surface area contributed by atoms with E-state index in [9.17, 15) is 9.18 Å². The molecule has 2 aromatic carbocycles. The molecule has 1 N–H and O–H groups in total. The zero-order valence-corrected chi connectivity index (χ0v) is 14.0. The van der Waals surface area contributed by atoms with E-state index in [0.29, 0.717) is 11.4 Å². The van der Waals surface area contributed by atoms with Crippen LogP contribution in [0, 0.1) is 5.82 Å². The number of aromatic nitrogens is 1. The third-order valence-electron chi connectivity index (χ3n) is 3.15. The summed E-state index contributed by atoms with van der Waals surface area (Å²) in [7, 11) is 0. The molecule has 0 aliphatic rings. The maximum Gasteiger partial charge on any atom is 0.255 e. The van der Waals surface area contributed by atoms with Gasteiger partial charge in [0.2, 0.25) is 0 Å². The van der Waals surface area contributed by atoms with Crippen LogP contribution in [0.3, 0.4) is 0 Å². The van der Waals surface area contributed by atoms with Gasteiger partial charge in [-0.05, 0) is 54.6 Å². The van der Waals surface area contributed by atoms with Gasteiger partial charge in [-0.15, -0.1) is 0 Å². The number of halogens is 2. The summed E-state index contributed by atoms with van der Waals surface area (Å²) in [6, 6.07) is 14.5. The number of carbonyl (C=O) groups excluding carboxylic acids is 1. The number of ether oxygens (including phenoxy) is 1. The van der Waals surface area contributed by atoms with Gasteiger partial charge in [-0.1, -0.05) is 15.9 Å². The van der Waals surface area contributed by atoms with Crippen LogP contribution in [0.25, 0.3) is 0 Å². The lowest BCUT2D eigenvalue weighted by Gasteiger charge is -2.09. The second-order valence-electron chi connectivity index (χ2n) is 4.90. The van der Waals surface area contributed by atoms with E-state index in [1.807, 2.05) is 0 Å². The Morgan fingerprint density at radius 2 is 1.92 bits per heavy atom. The predicted octanol–water partition coefficient (Wildman–Crippen LogP) is 5.03. The molecule has 0 bridgehead atoms. The van der Waals surface area contributed by atoms with Crippen molar-refractivity contribution in [3.05, 3.63) is 82.8 Å². The number of rotatable bonds is 4. The van der Waals surface area contributed by atoms with Crippen LogP contribution >= 0.6 is 15.9 Å². The Morgan fingerprint density at radius 3 is 2.58 bits per heavy atom. The van der Waals surface area contributed by atoms with Gasteiger partial charge in [0.15, 0.2) is 11.6 Å². The van der Waals surface area contributed by atoms with Gasteiger partial charge in [-0.25, -0.2) is 4.39 Å². The monoisotopic (exact) mass is 386 g/mol. The Bertz CT molecular complexity index is 855. The minimum Gasteiger partial charge on any atom is -0.454 e. The van der Waals surface area contributed by atoms with E-state index in [0.717, 1.165) is 10.5 Å². The molecule has 0 fully saturated rings. The number of nitrogens with zero attached hydrogens (tertiary/aromatic N) is 1. The maximum absolute atomic E-state index is 14.2. The van der Waals surface area contributed by atoms with Crippen LogP contribution in [-0.2, 0) is 0 Å². The van der Waals surface area contributed by atoms with Crippen molar-refractivity contribution in [3.8, 4) is 11.5 Å². The van der Waals surface area contributed by atoms with E-state index < -0.39 is 11.7 Å². The summed E-state index contributed by atoms with van der Waals surface area (Å²) in [5.41, 5.74) is 0.734. The second kappa shape index (κ2) is 7.23. The molecule has 0 aliphatic heterocycles. The summed E-state index contributed by atoms with van der Waals surface area (Å²) in [6.07, 6.45) is 3.11. The van der Waals surface area contributed by atoms with Crippen molar-refractivity contribution in [1.82, 2.24) is 4.98 Å². The van der Waals surface area contributed by atoms with Gasteiger partial charge >= 0.3 is 0 Å². The van der Waals surface area contributed by atoms with Gasteiger partial charge in [0, 0.05) is 16.2 Å². The van der Waals surface area contributed by atoms with Crippen LogP contribution in [-0.4, -0.2) is 10.9 Å². The van der Waals surface area contributed by atoms with Gasteiger partial charge in [-0.2, -0.15) is 0 Å². The first-order valence-corrected chi connectivity index (χ1v) is 7.85. The molecule has 0 unspecified atom stereocenters. The standard InChI is InChI=1S/C18H12BrFN2O2/c19-13-4-6-15(7-5-13)24-17-8-3-12(10-16(17)20)18(23)22-14-2-1-9-21-11-14/h1-11H,(H,22,23). The highest BCUT2D eigenvalue weighted by atomic mass is 79.9. The average molecular weight is 387 g/mol. The van der Waals surface area contributed by atoms with Crippen LogP contribution in [0.4, 0.5) is 10.1 Å². The number of nitrogens with one attached hydrogen (secondary N) is 1. The van der Waals surface area contributed by atoms with E-state index in [2.05, 4.69) is 26.2 Å². The molecule has 0 saturated heterocycles. The number of pyridine rings is 1. The van der Waals surface area contributed by atoms with E-state index >= 15 is 0 Å². The fraction of sp³-hybridized carbons (Fsp3) is 0. The first kappa shape index (κ1) is 16.1. The highest BCUT2D eigenvalue weighted by Crippen LogP contribution is 2.26. The molecule has 1 heterocycles. The molecule has 0 radical (unpaired) electrons.